The van der Waals surface area contributed by atoms with Crippen LogP contribution < -0.4 is 10.2 Å². The van der Waals surface area contributed by atoms with E-state index in [2.05, 4.69) is 40.0 Å². The molecule has 2 rings (SSSR count). The monoisotopic (exact) mass is 286 g/mol. The number of anilines is 1. The number of rotatable bonds is 1. The van der Waals surface area contributed by atoms with Crippen molar-refractivity contribution in [3.05, 3.63) is 28.5 Å². The zero-order valence-corrected chi connectivity index (χ0v) is 11.1. The van der Waals surface area contributed by atoms with Crippen LogP contribution in [0.3, 0.4) is 0 Å². The molecule has 1 aromatic rings. The number of nitrogens with one attached hydrogen (secondary N) is 1. The van der Waals surface area contributed by atoms with E-state index in [0.717, 1.165) is 24.1 Å². The summed E-state index contributed by atoms with van der Waals surface area (Å²) in [5.74, 6) is -0.152. The Hall–Kier alpha value is -0.610. The van der Waals surface area contributed by atoms with Crippen LogP contribution in [0.25, 0.3) is 0 Å². The third-order valence-electron chi connectivity index (χ3n) is 2.82. The van der Waals surface area contributed by atoms with Crippen molar-refractivity contribution < 1.29 is 4.39 Å². The minimum atomic E-state index is -0.152. The molecule has 0 amide bonds. The summed E-state index contributed by atoms with van der Waals surface area (Å²) in [5, 5.41) is 3.42. The number of hydrogen-bond donors (Lipinski definition) is 1. The van der Waals surface area contributed by atoms with E-state index >= 15 is 0 Å². The molecule has 88 valence electrons. The summed E-state index contributed by atoms with van der Waals surface area (Å²) in [6.45, 7) is 6.82. The van der Waals surface area contributed by atoms with Crippen LogP contribution in [0.2, 0.25) is 0 Å². The number of halogens is 2. The summed E-state index contributed by atoms with van der Waals surface area (Å²) in [6, 6.07) is 5.08. The van der Waals surface area contributed by atoms with Crippen molar-refractivity contribution in [3.63, 3.8) is 0 Å². The smallest absolute Gasteiger partial charge is 0.146 e. The molecule has 0 bridgehead atoms. The molecule has 0 aliphatic carbocycles. The maximum Gasteiger partial charge on any atom is 0.146 e. The van der Waals surface area contributed by atoms with Crippen LogP contribution in [0.15, 0.2) is 22.7 Å². The predicted molar refractivity (Wildman–Crippen MR) is 68.4 cm³/mol. The Morgan fingerprint density at radius 1 is 1.44 bits per heavy atom. The Labute approximate surface area is 104 Å². The lowest BCUT2D eigenvalue weighted by Gasteiger charge is -2.40. The van der Waals surface area contributed by atoms with Gasteiger partial charge in [0.15, 0.2) is 0 Å². The van der Waals surface area contributed by atoms with Crippen molar-refractivity contribution in [2.45, 2.75) is 19.4 Å². The van der Waals surface area contributed by atoms with Crippen molar-refractivity contribution in [2.75, 3.05) is 24.5 Å². The zero-order chi connectivity index (χ0) is 11.8. The molecule has 1 fully saturated rings. The highest BCUT2D eigenvalue weighted by molar-refractivity contribution is 9.10. The summed E-state index contributed by atoms with van der Waals surface area (Å²) in [5.41, 5.74) is 0.719. The van der Waals surface area contributed by atoms with Crippen LogP contribution in [0.5, 0.6) is 0 Å². The van der Waals surface area contributed by atoms with Crippen LogP contribution in [0.4, 0.5) is 10.1 Å². The largest absolute Gasteiger partial charge is 0.366 e. The number of piperazine rings is 1. The van der Waals surface area contributed by atoms with Gasteiger partial charge >= 0.3 is 0 Å². The summed E-state index contributed by atoms with van der Waals surface area (Å²) < 4.78 is 14.6. The summed E-state index contributed by atoms with van der Waals surface area (Å²) in [6.07, 6.45) is 0. The molecule has 1 aliphatic rings. The third-order valence-corrected chi connectivity index (χ3v) is 3.31. The highest BCUT2D eigenvalue weighted by Gasteiger charge is 2.27. The number of benzene rings is 1. The van der Waals surface area contributed by atoms with Gasteiger partial charge in [0.2, 0.25) is 0 Å². The van der Waals surface area contributed by atoms with E-state index in [0.29, 0.717) is 5.69 Å². The van der Waals surface area contributed by atoms with Gasteiger partial charge < -0.3 is 10.2 Å². The minimum Gasteiger partial charge on any atom is -0.366 e. The van der Waals surface area contributed by atoms with Crippen molar-refractivity contribution in [2.24, 2.45) is 0 Å². The second-order valence-corrected chi connectivity index (χ2v) is 5.74. The van der Waals surface area contributed by atoms with Gasteiger partial charge in [0, 0.05) is 29.6 Å². The molecule has 4 heteroatoms. The molecule has 1 N–H and O–H groups in total. The molecular weight excluding hydrogens is 271 g/mol. The fourth-order valence-corrected chi connectivity index (χ4v) is 2.42. The van der Waals surface area contributed by atoms with Gasteiger partial charge in [-0.1, -0.05) is 15.9 Å². The van der Waals surface area contributed by atoms with Gasteiger partial charge in [0.25, 0.3) is 0 Å². The predicted octanol–water partition coefficient (Wildman–Crippen LogP) is 2.78. The van der Waals surface area contributed by atoms with Crippen molar-refractivity contribution >= 4 is 21.6 Å². The first-order valence-corrected chi connectivity index (χ1v) is 6.22. The van der Waals surface area contributed by atoms with Gasteiger partial charge in [0.1, 0.15) is 5.82 Å². The van der Waals surface area contributed by atoms with Gasteiger partial charge in [0.05, 0.1) is 5.69 Å². The molecule has 1 heterocycles. The van der Waals surface area contributed by atoms with Crippen molar-refractivity contribution in [3.8, 4) is 0 Å². The molecule has 16 heavy (non-hydrogen) atoms. The molecule has 0 unspecified atom stereocenters. The molecule has 1 aromatic carbocycles. The Morgan fingerprint density at radius 3 is 2.88 bits per heavy atom. The second-order valence-electron chi connectivity index (χ2n) is 4.83. The highest BCUT2D eigenvalue weighted by atomic mass is 79.9. The Bertz CT molecular complexity index is 393. The first-order chi connectivity index (χ1) is 7.48. The number of nitrogens with zero attached hydrogens (tertiary/aromatic N) is 1. The van der Waals surface area contributed by atoms with Crippen LogP contribution in [0.1, 0.15) is 13.8 Å². The Morgan fingerprint density at radius 2 is 2.19 bits per heavy atom. The van der Waals surface area contributed by atoms with E-state index in [1.807, 2.05) is 6.07 Å². The molecule has 1 aliphatic heterocycles. The van der Waals surface area contributed by atoms with Crippen LogP contribution in [0, 0.1) is 5.82 Å². The van der Waals surface area contributed by atoms with Crippen LogP contribution >= 0.6 is 15.9 Å². The lowest BCUT2D eigenvalue weighted by atomic mass is 10.0. The second kappa shape index (κ2) is 4.34. The topological polar surface area (TPSA) is 15.3 Å². The lowest BCUT2D eigenvalue weighted by molar-refractivity contribution is 0.351. The average molecular weight is 287 g/mol. The van der Waals surface area contributed by atoms with E-state index in [9.17, 15) is 4.39 Å². The molecule has 0 saturated carbocycles. The molecule has 1 saturated heterocycles. The van der Waals surface area contributed by atoms with Crippen molar-refractivity contribution in [1.82, 2.24) is 5.32 Å². The van der Waals surface area contributed by atoms with Gasteiger partial charge in [-0.3, -0.25) is 0 Å². The summed E-state index contributed by atoms with van der Waals surface area (Å²) >= 11 is 3.38. The maximum atomic E-state index is 13.7. The van der Waals surface area contributed by atoms with Gasteiger partial charge in [-0.2, -0.15) is 0 Å². The summed E-state index contributed by atoms with van der Waals surface area (Å²) in [4.78, 5) is 2.09. The van der Waals surface area contributed by atoms with E-state index in [-0.39, 0.29) is 11.4 Å². The molecule has 0 radical (unpaired) electrons. The number of hydrogen-bond acceptors (Lipinski definition) is 2. The summed E-state index contributed by atoms with van der Waals surface area (Å²) in [7, 11) is 0. The van der Waals surface area contributed by atoms with E-state index < -0.39 is 0 Å². The Balaban J connectivity index is 2.26. The molecule has 0 spiro atoms. The van der Waals surface area contributed by atoms with Crippen LogP contribution in [-0.2, 0) is 0 Å². The van der Waals surface area contributed by atoms with Gasteiger partial charge in [-0.15, -0.1) is 0 Å². The van der Waals surface area contributed by atoms with Crippen molar-refractivity contribution in [1.29, 1.82) is 0 Å². The fraction of sp³-hybridized carbons (Fsp3) is 0.500. The van der Waals surface area contributed by atoms with E-state index in [4.69, 9.17) is 0 Å². The maximum absolute atomic E-state index is 13.7. The standard InChI is InChI=1S/C12H16BrFN2/c1-12(2)8-16(6-5-15-12)11-7-9(13)3-4-10(11)14/h3-4,7,15H,5-6,8H2,1-2H3. The fourth-order valence-electron chi connectivity index (χ4n) is 2.08. The SMILES string of the molecule is CC1(C)CN(c2cc(Br)ccc2F)CCN1. The zero-order valence-electron chi connectivity index (χ0n) is 9.56. The van der Waals surface area contributed by atoms with Gasteiger partial charge in [-0.25, -0.2) is 4.39 Å². The first kappa shape index (κ1) is 11.9. The minimum absolute atomic E-state index is 0.0347. The van der Waals surface area contributed by atoms with E-state index in [1.165, 1.54) is 6.07 Å². The Kier molecular flexibility index (Phi) is 3.22. The highest BCUT2D eigenvalue weighted by Crippen LogP contribution is 2.26. The van der Waals surface area contributed by atoms with Gasteiger partial charge in [-0.05, 0) is 32.0 Å². The lowest BCUT2D eigenvalue weighted by Crippen LogP contribution is -2.57. The molecule has 2 nitrogen and oxygen atoms in total. The quantitative estimate of drug-likeness (QED) is 0.854. The third kappa shape index (κ3) is 2.55. The van der Waals surface area contributed by atoms with Crippen LogP contribution in [-0.4, -0.2) is 25.2 Å². The molecule has 0 atom stereocenters. The average Bonchev–Trinajstić information content (AvgIpc) is 2.20. The normalized spacial score (nSPS) is 19.9. The van der Waals surface area contributed by atoms with E-state index in [1.54, 1.807) is 6.07 Å². The first-order valence-electron chi connectivity index (χ1n) is 5.43. The molecular formula is C12H16BrFN2. The molecule has 0 aromatic heterocycles.